The molecule has 0 saturated carbocycles. The summed E-state index contributed by atoms with van der Waals surface area (Å²) in [6.45, 7) is 0.197. The second-order valence-corrected chi connectivity index (χ2v) is 4.22. The Balaban J connectivity index is 1.93. The fourth-order valence-electron chi connectivity index (χ4n) is 1.68. The summed E-state index contributed by atoms with van der Waals surface area (Å²) < 4.78 is 7.67. The van der Waals surface area contributed by atoms with E-state index in [0.29, 0.717) is 5.82 Å². The molecule has 0 aliphatic carbocycles. The fraction of sp³-hybridized carbons (Fsp3) is 0.364. The van der Waals surface area contributed by atoms with E-state index in [4.69, 9.17) is 4.74 Å². The van der Waals surface area contributed by atoms with Gasteiger partial charge in [-0.15, -0.1) is 5.10 Å². The molecule has 10 heteroatoms. The van der Waals surface area contributed by atoms with Crippen molar-refractivity contribution in [2.24, 2.45) is 7.05 Å². The Morgan fingerprint density at radius 1 is 1.52 bits per heavy atom. The van der Waals surface area contributed by atoms with E-state index in [9.17, 15) is 14.9 Å². The fourth-order valence-corrected chi connectivity index (χ4v) is 1.68. The first-order chi connectivity index (χ1) is 9.99. The van der Waals surface area contributed by atoms with Gasteiger partial charge in [-0.2, -0.15) is 5.10 Å². The van der Waals surface area contributed by atoms with Crippen LogP contribution in [0.25, 0.3) is 0 Å². The number of aromatic nitrogens is 4. The van der Waals surface area contributed by atoms with Gasteiger partial charge in [-0.05, 0) is 0 Å². The van der Waals surface area contributed by atoms with Gasteiger partial charge in [0.05, 0.1) is 18.6 Å². The molecule has 1 amide bonds. The van der Waals surface area contributed by atoms with Crippen LogP contribution in [0.3, 0.4) is 0 Å². The van der Waals surface area contributed by atoms with Crippen molar-refractivity contribution >= 4 is 17.4 Å². The Morgan fingerprint density at radius 3 is 2.81 bits per heavy atom. The lowest BCUT2D eigenvalue weighted by molar-refractivity contribution is -0.385. The number of ether oxygens (including phenoxy) is 1. The number of nitrogens with one attached hydrogen (secondary N) is 1. The highest BCUT2D eigenvalue weighted by molar-refractivity contribution is 5.89. The molecule has 2 heterocycles. The topological polar surface area (TPSA) is 117 Å². The van der Waals surface area contributed by atoms with Crippen molar-refractivity contribution in [1.29, 1.82) is 0 Å². The molecule has 0 bridgehead atoms. The highest BCUT2D eigenvalue weighted by Crippen LogP contribution is 2.23. The molecule has 0 unspecified atom stereocenters. The smallest absolute Gasteiger partial charge is 0.350 e. The zero-order chi connectivity index (χ0) is 15.4. The van der Waals surface area contributed by atoms with Crippen LogP contribution in [0, 0.1) is 10.1 Å². The summed E-state index contributed by atoms with van der Waals surface area (Å²) in [5, 5.41) is 21.3. The Labute approximate surface area is 119 Å². The van der Waals surface area contributed by atoms with Gasteiger partial charge < -0.3 is 10.1 Å². The van der Waals surface area contributed by atoms with E-state index in [1.54, 1.807) is 24.0 Å². The third-order valence-corrected chi connectivity index (χ3v) is 2.65. The molecule has 2 aromatic heterocycles. The number of rotatable bonds is 6. The molecule has 2 rings (SSSR count). The number of aryl methyl sites for hydroxylation is 2. The van der Waals surface area contributed by atoms with Crippen LogP contribution in [0.2, 0.25) is 0 Å². The number of methoxy groups -OCH3 is 1. The van der Waals surface area contributed by atoms with Gasteiger partial charge in [0, 0.05) is 25.7 Å². The number of carbonyl (C=O) groups excluding carboxylic acids is 1. The quantitative estimate of drug-likeness (QED) is 0.614. The second kappa shape index (κ2) is 6.03. The Kier molecular flexibility index (Phi) is 4.16. The predicted molar refractivity (Wildman–Crippen MR) is 71.9 cm³/mol. The Morgan fingerprint density at radius 2 is 2.29 bits per heavy atom. The molecular weight excluding hydrogens is 280 g/mol. The van der Waals surface area contributed by atoms with Crippen molar-refractivity contribution in [3.8, 4) is 5.88 Å². The number of nitro groups is 1. The third-order valence-electron chi connectivity index (χ3n) is 2.65. The first-order valence-corrected chi connectivity index (χ1v) is 6.05. The maximum absolute atomic E-state index is 11.7. The van der Waals surface area contributed by atoms with Crippen LogP contribution in [0.1, 0.15) is 6.42 Å². The minimum Gasteiger partial charge on any atom is -0.475 e. The molecule has 0 atom stereocenters. The van der Waals surface area contributed by atoms with E-state index in [2.05, 4.69) is 15.5 Å². The maximum atomic E-state index is 11.7. The average Bonchev–Trinajstić information content (AvgIpc) is 3.02. The standard InChI is InChI=1S/C11H14N6O4/c1-15-5-3-9(13-15)12-10(18)4-6-16-7-8(17(19)20)11(14-16)21-2/h3,5,7H,4,6H2,1-2H3,(H,12,13,18). The number of anilines is 1. The largest absolute Gasteiger partial charge is 0.475 e. The molecule has 0 fully saturated rings. The number of hydrogen-bond donors (Lipinski definition) is 1. The van der Waals surface area contributed by atoms with Crippen LogP contribution in [0.5, 0.6) is 5.88 Å². The van der Waals surface area contributed by atoms with Gasteiger partial charge in [-0.25, -0.2) is 0 Å². The lowest BCUT2D eigenvalue weighted by atomic mass is 10.4. The van der Waals surface area contributed by atoms with E-state index in [1.807, 2.05) is 0 Å². The molecule has 112 valence electrons. The van der Waals surface area contributed by atoms with E-state index in [-0.39, 0.29) is 30.4 Å². The summed E-state index contributed by atoms with van der Waals surface area (Å²) in [6, 6.07) is 1.67. The van der Waals surface area contributed by atoms with E-state index in [0.717, 1.165) is 0 Å². The van der Waals surface area contributed by atoms with Crippen LogP contribution in [0.15, 0.2) is 18.5 Å². The summed E-state index contributed by atoms with van der Waals surface area (Å²) in [4.78, 5) is 21.9. The zero-order valence-electron chi connectivity index (χ0n) is 11.5. The highest BCUT2D eigenvalue weighted by atomic mass is 16.6. The number of carbonyl (C=O) groups is 1. The summed E-state index contributed by atoms with van der Waals surface area (Å²) in [6.07, 6.45) is 3.04. The van der Waals surface area contributed by atoms with Crippen molar-refractivity contribution in [1.82, 2.24) is 19.6 Å². The van der Waals surface area contributed by atoms with Gasteiger partial charge in [-0.3, -0.25) is 24.3 Å². The molecule has 21 heavy (non-hydrogen) atoms. The molecule has 0 aliphatic rings. The zero-order valence-corrected chi connectivity index (χ0v) is 11.5. The van der Waals surface area contributed by atoms with E-state index in [1.165, 1.54) is 18.0 Å². The molecule has 0 aromatic carbocycles. The van der Waals surface area contributed by atoms with E-state index < -0.39 is 4.92 Å². The Bertz CT molecular complexity index is 661. The molecule has 0 radical (unpaired) electrons. The second-order valence-electron chi connectivity index (χ2n) is 4.22. The highest BCUT2D eigenvalue weighted by Gasteiger charge is 2.20. The lowest BCUT2D eigenvalue weighted by Crippen LogP contribution is -2.15. The van der Waals surface area contributed by atoms with Gasteiger partial charge >= 0.3 is 11.6 Å². The monoisotopic (exact) mass is 294 g/mol. The number of nitrogens with zero attached hydrogens (tertiary/aromatic N) is 5. The molecule has 10 nitrogen and oxygen atoms in total. The SMILES string of the molecule is COc1nn(CCC(=O)Nc2ccn(C)n2)cc1[N+](=O)[O-]. The molecule has 2 aromatic rings. The van der Waals surface area contributed by atoms with Crippen molar-refractivity contribution in [3.63, 3.8) is 0 Å². The van der Waals surface area contributed by atoms with Crippen molar-refractivity contribution in [2.45, 2.75) is 13.0 Å². The van der Waals surface area contributed by atoms with Gasteiger partial charge in [0.1, 0.15) is 6.20 Å². The van der Waals surface area contributed by atoms with Crippen LogP contribution >= 0.6 is 0 Å². The van der Waals surface area contributed by atoms with Gasteiger partial charge in [0.2, 0.25) is 5.91 Å². The predicted octanol–water partition coefficient (Wildman–Crippen LogP) is 0.562. The molecular formula is C11H14N6O4. The third kappa shape index (κ3) is 3.55. The number of amides is 1. The van der Waals surface area contributed by atoms with E-state index >= 15 is 0 Å². The molecule has 0 saturated heterocycles. The lowest BCUT2D eigenvalue weighted by Gasteiger charge is -2.02. The van der Waals surface area contributed by atoms with Crippen molar-refractivity contribution < 1.29 is 14.5 Å². The minimum absolute atomic E-state index is 0.0786. The molecule has 1 N–H and O–H groups in total. The normalized spacial score (nSPS) is 10.4. The number of hydrogen-bond acceptors (Lipinski definition) is 6. The summed E-state index contributed by atoms with van der Waals surface area (Å²) in [5.74, 6) is 0.113. The first-order valence-electron chi connectivity index (χ1n) is 6.05. The first kappa shape index (κ1) is 14.5. The van der Waals surface area contributed by atoms with Crippen LogP contribution in [0.4, 0.5) is 11.5 Å². The van der Waals surface area contributed by atoms with Crippen LogP contribution in [-0.2, 0) is 18.4 Å². The van der Waals surface area contributed by atoms with Gasteiger partial charge in [0.15, 0.2) is 5.82 Å². The Hall–Kier alpha value is -2.91. The average molecular weight is 294 g/mol. The van der Waals surface area contributed by atoms with Crippen molar-refractivity contribution in [3.05, 3.63) is 28.6 Å². The van der Waals surface area contributed by atoms with Gasteiger partial charge in [-0.1, -0.05) is 0 Å². The molecule has 0 aliphatic heterocycles. The summed E-state index contributed by atoms with van der Waals surface area (Å²) in [7, 11) is 3.04. The van der Waals surface area contributed by atoms with Crippen LogP contribution < -0.4 is 10.1 Å². The minimum atomic E-state index is -0.587. The van der Waals surface area contributed by atoms with Crippen molar-refractivity contribution in [2.75, 3.05) is 12.4 Å². The molecule has 0 spiro atoms. The maximum Gasteiger partial charge on any atom is 0.350 e. The summed E-state index contributed by atoms with van der Waals surface area (Å²) in [5.41, 5.74) is -0.234. The van der Waals surface area contributed by atoms with Crippen LogP contribution in [-0.4, -0.2) is 37.5 Å². The summed E-state index contributed by atoms with van der Waals surface area (Å²) >= 11 is 0. The van der Waals surface area contributed by atoms with Gasteiger partial charge in [0.25, 0.3) is 0 Å².